The second-order valence-corrected chi connectivity index (χ2v) is 23.9. The van der Waals surface area contributed by atoms with Gasteiger partial charge in [-0.25, -0.2) is 24.5 Å². The summed E-state index contributed by atoms with van der Waals surface area (Å²) in [5.74, 6) is 0.207. The number of benzene rings is 9. The predicted octanol–water partition coefficient (Wildman–Crippen LogP) is 11.9. The number of aromatic hydroxyl groups is 1. The summed E-state index contributed by atoms with van der Waals surface area (Å²) in [5, 5.41) is 29.6. The van der Waals surface area contributed by atoms with Gasteiger partial charge in [-0.15, -0.1) is 0 Å². The van der Waals surface area contributed by atoms with E-state index in [1.165, 1.54) is 0 Å². The quantitative estimate of drug-likeness (QED) is 0.0227. The van der Waals surface area contributed by atoms with Crippen LogP contribution in [0.4, 0.5) is 0 Å². The topological polar surface area (TPSA) is 286 Å². The van der Waals surface area contributed by atoms with E-state index in [1.54, 1.807) is 129 Å². The molecular weight excluding hydrogens is 1670 g/mol. The average molecular weight is 1740 g/mol. The Labute approximate surface area is 732 Å². The minimum absolute atomic E-state index is 0. The Morgan fingerprint density at radius 1 is 0.515 bits per heavy atom. The number of nitrogens with zero attached hydrogens (tertiary/aromatic N) is 3. The number of para-hydroxylation sites is 6. The van der Waals surface area contributed by atoms with Crippen molar-refractivity contribution in [3.8, 4) is 51.6 Å². The SMILES string of the molecule is C.C.C.C.CCOC(=O)C(Br)c1ccc(Cl)cc1.CCOC(=O)C(Oc1ccc(Br)cc1-c1nc2ccccc2o1)c1ccc(Cl)cc1.O=C(O)C(Oc1ccc(Br)cc1-c1nc2ccccc2o1)c1ccc(Cl)cc1.O=CO[O-].Oc1ccc(Br)cc1-c1nc2ccccc2o1.[H-].[K+].[K+].[Li+].[OH-]. The molecule has 0 spiro atoms. The molecule has 518 valence electrons. The third kappa shape index (κ3) is 27.9. The van der Waals surface area contributed by atoms with Crippen molar-refractivity contribution >= 4 is 156 Å². The molecule has 0 fully saturated rings. The fourth-order valence-corrected chi connectivity index (χ4v) is 10.3. The van der Waals surface area contributed by atoms with Crippen molar-refractivity contribution in [2.75, 3.05) is 13.2 Å². The van der Waals surface area contributed by atoms with E-state index in [4.69, 9.17) is 77.1 Å². The second-order valence-electron chi connectivity index (χ2n) is 19.0. The molecule has 12 rings (SSSR count). The number of fused-ring (bicyclic) bond motifs is 3. The second kappa shape index (κ2) is 48.4. The number of halogens is 7. The molecule has 0 bridgehead atoms. The molecule has 0 aliphatic carbocycles. The zero-order valence-corrected chi connectivity index (χ0v) is 66.8. The summed E-state index contributed by atoms with van der Waals surface area (Å²) in [6.45, 7) is 3.97. The number of hydrogen-bond acceptors (Lipinski definition) is 18. The Morgan fingerprint density at radius 2 is 0.832 bits per heavy atom. The molecule has 3 N–H and O–H groups in total. The Hall–Kier alpha value is -4.75. The number of aliphatic carboxylic acids is 1. The number of esters is 2. The number of rotatable bonds is 16. The zero-order valence-electron chi connectivity index (χ0n) is 52.9. The molecular formula is C72H67Br4Cl3K2LiN3O16. The fraction of sp³-hybridized carbons (Fsp3) is 0.153. The number of carbonyl (C=O) groups is 4. The molecule has 3 atom stereocenters. The molecule has 3 unspecified atom stereocenters. The molecule has 19 nitrogen and oxygen atoms in total. The van der Waals surface area contributed by atoms with Crippen LogP contribution >= 0.6 is 98.5 Å². The van der Waals surface area contributed by atoms with E-state index in [9.17, 15) is 24.6 Å². The molecule has 0 saturated carbocycles. The van der Waals surface area contributed by atoms with Gasteiger partial charge >= 0.3 is 140 Å². The molecule has 0 radical (unpaired) electrons. The first-order valence-electron chi connectivity index (χ1n) is 27.5. The van der Waals surface area contributed by atoms with Gasteiger partial charge in [0.25, 0.3) is 6.47 Å². The fourth-order valence-electron chi connectivity index (χ4n) is 8.43. The van der Waals surface area contributed by atoms with Crippen LogP contribution in [0.3, 0.4) is 0 Å². The van der Waals surface area contributed by atoms with Gasteiger partial charge in [-0.3, -0.25) is 9.59 Å². The predicted molar refractivity (Wildman–Crippen MR) is 394 cm³/mol. The van der Waals surface area contributed by atoms with E-state index in [0.717, 1.165) is 30.0 Å². The van der Waals surface area contributed by atoms with E-state index < -0.39 is 29.0 Å². The molecule has 0 saturated heterocycles. The van der Waals surface area contributed by atoms with Crippen LogP contribution in [0.1, 0.15) is 78.7 Å². The number of carboxylic acids is 1. The number of phenols is 1. The summed E-state index contributed by atoms with van der Waals surface area (Å²) in [5.41, 5.74) is 7.91. The summed E-state index contributed by atoms with van der Waals surface area (Å²) < 4.78 is 42.0. The molecule has 29 heteroatoms. The molecule has 3 aromatic heterocycles. The van der Waals surface area contributed by atoms with Crippen LogP contribution in [0, 0.1) is 0 Å². The first-order valence-corrected chi connectivity index (χ1v) is 32.0. The van der Waals surface area contributed by atoms with Crippen LogP contribution in [0.2, 0.25) is 15.1 Å². The smallest absolute Gasteiger partial charge is 1.00 e. The van der Waals surface area contributed by atoms with E-state index in [-0.39, 0.29) is 183 Å². The Balaban J connectivity index is 0. The molecule has 9 aromatic carbocycles. The molecule has 0 aliphatic rings. The van der Waals surface area contributed by atoms with Crippen LogP contribution in [-0.2, 0) is 33.5 Å². The molecule has 12 aromatic rings. The van der Waals surface area contributed by atoms with Crippen LogP contribution in [0.25, 0.3) is 67.7 Å². The number of phenolic OH excluding ortho intramolecular Hbond substituents is 1. The van der Waals surface area contributed by atoms with Gasteiger partial charge in [-0.1, -0.05) is 201 Å². The normalized spacial score (nSPS) is 10.6. The average Bonchev–Trinajstić information content (AvgIpc) is 1.67. The van der Waals surface area contributed by atoms with Crippen molar-refractivity contribution in [1.82, 2.24) is 15.0 Å². The van der Waals surface area contributed by atoms with Gasteiger partial charge in [0, 0.05) is 39.6 Å². The van der Waals surface area contributed by atoms with Crippen molar-refractivity contribution in [2.24, 2.45) is 0 Å². The minimum Gasteiger partial charge on any atom is -1.00 e. The van der Waals surface area contributed by atoms with Gasteiger partial charge < -0.3 is 59.5 Å². The van der Waals surface area contributed by atoms with Crippen molar-refractivity contribution in [3.05, 3.63) is 245 Å². The summed E-state index contributed by atoms with van der Waals surface area (Å²) in [7, 11) is 0. The molecule has 0 amide bonds. The van der Waals surface area contributed by atoms with Gasteiger partial charge in [0.15, 0.2) is 16.7 Å². The van der Waals surface area contributed by atoms with E-state index in [0.29, 0.717) is 101 Å². The number of aromatic nitrogens is 3. The Morgan fingerprint density at radius 3 is 1.19 bits per heavy atom. The van der Waals surface area contributed by atoms with E-state index in [1.807, 2.05) is 84.9 Å². The number of ether oxygens (including phenoxy) is 4. The van der Waals surface area contributed by atoms with Crippen molar-refractivity contribution in [3.63, 3.8) is 0 Å². The van der Waals surface area contributed by atoms with Gasteiger partial charge in [0.2, 0.25) is 29.9 Å². The minimum atomic E-state index is -1.21. The van der Waals surface area contributed by atoms with Gasteiger partial charge in [-0.2, -0.15) is 0 Å². The molecule has 3 heterocycles. The van der Waals surface area contributed by atoms with Crippen LogP contribution in [0.5, 0.6) is 17.2 Å². The molecule has 101 heavy (non-hydrogen) atoms. The first kappa shape index (κ1) is 96.3. The summed E-state index contributed by atoms with van der Waals surface area (Å²) in [4.78, 5) is 60.0. The number of oxazole rings is 3. The standard InChI is InChI=1S/C23H17BrClNO4.C21H13BrClNO4.C13H8BrNO2.C10H10BrClO2.CH2O3.4CH4.2K.Li.H2O.H/c1-2-28-23(27)21(14-7-10-16(25)11-8-14)29-19-12-9-15(24)13-17(19)22-26-18-5-3-4-6-20(18)30-22;22-13-7-10-17(27-19(21(25)26)12-5-8-14(23)9-6-12)15(11-13)20-24-16-3-1-2-4-18(16)28-20;14-8-5-6-11(16)9(7-8)13-15-10-3-1-2-4-12(10)17-13;1-2-14-10(13)9(11)7-3-5-8(12)6-4-7;2-1-4-3;;;;;;;;;/h3-13,21H,2H2,1H3;1-11,19H,(H,25,26);1-7,16H;3-6,9H,2H2,1H3;1,3H;4*1H4;;;;1H2;/q;;;;;;;;;3*+1;;-1/p-2. The zero-order chi connectivity index (χ0) is 66.6. The number of carbonyl (C=O) groups excluding carboxylic acids is 3. The summed E-state index contributed by atoms with van der Waals surface area (Å²) >= 11 is 31.1. The largest absolute Gasteiger partial charge is 1.00 e. The van der Waals surface area contributed by atoms with Gasteiger partial charge in [0.1, 0.15) is 38.6 Å². The van der Waals surface area contributed by atoms with Crippen LogP contribution < -0.4 is 136 Å². The van der Waals surface area contributed by atoms with E-state index in [2.05, 4.69) is 83.6 Å². The van der Waals surface area contributed by atoms with Gasteiger partial charge in [-0.05, 0) is 147 Å². The Kier molecular flexibility index (Phi) is 46.1. The van der Waals surface area contributed by atoms with Gasteiger partial charge in [0.05, 0.1) is 29.9 Å². The number of carboxylic acid groups (broad SMARTS) is 1. The number of hydrogen-bond donors (Lipinski definition) is 2. The summed E-state index contributed by atoms with van der Waals surface area (Å²) in [6, 6.07) is 58.6. The molecule has 0 aliphatic heterocycles. The van der Waals surface area contributed by atoms with Crippen molar-refractivity contribution in [2.45, 2.75) is 60.6 Å². The third-order valence-corrected chi connectivity index (χ3v) is 15.8. The monoisotopic (exact) mass is 1730 g/mol. The summed E-state index contributed by atoms with van der Waals surface area (Å²) in [6.07, 6.45) is -2.17. The van der Waals surface area contributed by atoms with Crippen LogP contribution in [0.15, 0.2) is 227 Å². The Bertz CT molecular complexity index is 4430. The maximum Gasteiger partial charge on any atom is 1.00 e. The maximum absolute atomic E-state index is 12.7. The van der Waals surface area contributed by atoms with E-state index >= 15 is 0 Å². The van der Waals surface area contributed by atoms with Crippen molar-refractivity contribution in [1.29, 1.82) is 0 Å². The first-order chi connectivity index (χ1) is 44.9. The van der Waals surface area contributed by atoms with Crippen molar-refractivity contribution < 1.29 is 200 Å². The third-order valence-electron chi connectivity index (χ3n) is 12.7. The van der Waals surface area contributed by atoms with Crippen LogP contribution in [-0.4, -0.2) is 68.2 Å². The number of alkyl halides is 1. The maximum atomic E-state index is 12.7.